The van der Waals surface area contributed by atoms with E-state index in [2.05, 4.69) is 20.9 Å². The van der Waals surface area contributed by atoms with Crippen molar-refractivity contribution in [1.82, 2.24) is 14.9 Å². The van der Waals surface area contributed by atoms with Crippen molar-refractivity contribution >= 4 is 27.4 Å². The van der Waals surface area contributed by atoms with Crippen LogP contribution in [0.5, 0.6) is 0 Å². The Morgan fingerprint density at radius 2 is 2.17 bits per heavy atom. The van der Waals surface area contributed by atoms with Gasteiger partial charge in [0.25, 0.3) is 0 Å². The van der Waals surface area contributed by atoms with Gasteiger partial charge in [0.05, 0.1) is 17.8 Å². The van der Waals surface area contributed by atoms with Crippen LogP contribution in [0.2, 0.25) is 0 Å². The molecule has 1 aliphatic heterocycles. The van der Waals surface area contributed by atoms with E-state index in [1.165, 1.54) is 4.88 Å². The molecule has 7 heteroatoms. The second-order valence-electron chi connectivity index (χ2n) is 5.85. The van der Waals surface area contributed by atoms with E-state index >= 15 is 0 Å². The Balaban J connectivity index is 1.61. The zero-order valence-electron chi connectivity index (χ0n) is 12.6. The Morgan fingerprint density at radius 3 is 2.91 bits per heavy atom. The van der Waals surface area contributed by atoms with E-state index < -0.39 is 0 Å². The maximum atomic E-state index is 9.60. The number of fused-ring (bicyclic) bond motifs is 1. The monoisotopic (exact) mass is 330 g/mol. The van der Waals surface area contributed by atoms with Gasteiger partial charge < -0.3 is 15.3 Å². The first-order chi connectivity index (χ1) is 11.2. The van der Waals surface area contributed by atoms with Gasteiger partial charge >= 0.3 is 0 Å². The zero-order valence-corrected chi connectivity index (χ0v) is 13.4. The minimum Gasteiger partial charge on any atom is -0.461 e. The van der Waals surface area contributed by atoms with Crippen LogP contribution in [0, 0.1) is 0 Å². The highest BCUT2D eigenvalue weighted by Crippen LogP contribution is 2.31. The Labute approximate surface area is 137 Å². The Hall–Kier alpha value is -1.96. The third-order valence-electron chi connectivity index (χ3n) is 4.15. The average molecular weight is 330 g/mol. The molecule has 0 aromatic carbocycles. The van der Waals surface area contributed by atoms with Gasteiger partial charge in [-0.3, -0.25) is 4.90 Å². The lowest BCUT2D eigenvalue weighted by molar-refractivity contribution is 0.0797. The van der Waals surface area contributed by atoms with Crippen molar-refractivity contribution in [2.75, 3.05) is 18.8 Å². The first kappa shape index (κ1) is 14.6. The molecule has 0 unspecified atom stereocenters. The molecular formula is C16H18N4O2S. The molecule has 0 bridgehead atoms. The van der Waals surface area contributed by atoms with E-state index in [1.54, 1.807) is 17.6 Å². The van der Waals surface area contributed by atoms with Gasteiger partial charge in [-0.05, 0) is 31.0 Å². The summed E-state index contributed by atoms with van der Waals surface area (Å²) in [7, 11) is 0. The molecule has 6 nitrogen and oxygen atoms in total. The average Bonchev–Trinajstić information content (AvgIpc) is 3.19. The van der Waals surface area contributed by atoms with E-state index in [0.717, 1.165) is 42.7 Å². The van der Waals surface area contributed by atoms with Crippen LogP contribution in [-0.4, -0.2) is 39.2 Å². The SMILES string of the molecule is Nc1nc(-c2ccco2)nc2sc(CN3CCC(O)CC3)cc12. The van der Waals surface area contributed by atoms with E-state index in [9.17, 15) is 5.11 Å². The van der Waals surface area contributed by atoms with Crippen LogP contribution >= 0.6 is 11.3 Å². The van der Waals surface area contributed by atoms with Crippen LogP contribution in [-0.2, 0) is 6.54 Å². The lowest BCUT2D eigenvalue weighted by Gasteiger charge is -2.28. The molecule has 0 spiro atoms. The smallest absolute Gasteiger partial charge is 0.199 e. The fraction of sp³-hybridized carbons (Fsp3) is 0.375. The number of rotatable bonds is 3. The predicted molar refractivity (Wildman–Crippen MR) is 90.0 cm³/mol. The summed E-state index contributed by atoms with van der Waals surface area (Å²) in [6.07, 6.45) is 3.14. The van der Waals surface area contributed by atoms with Crippen molar-refractivity contribution in [3.05, 3.63) is 29.3 Å². The highest BCUT2D eigenvalue weighted by molar-refractivity contribution is 7.18. The van der Waals surface area contributed by atoms with E-state index in [0.29, 0.717) is 17.4 Å². The highest BCUT2D eigenvalue weighted by atomic mass is 32.1. The topological polar surface area (TPSA) is 88.4 Å². The minimum absolute atomic E-state index is 0.147. The lowest BCUT2D eigenvalue weighted by atomic mass is 10.1. The summed E-state index contributed by atoms with van der Waals surface area (Å²) in [6, 6.07) is 5.71. The molecule has 0 saturated carbocycles. The number of nitrogens with zero attached hydrogens (tertiary/aromatic N) is 3. The van der Waals surface area contributed by atoms with Crippen LogP contribution in [0.1, 0.15) is 17.7 Å². The summed E-state index contributed by atoms with van der Waals surface area (Å²) in [6.45, 7) is 2.71. The highest BCUT2D eigenvalue weighted by Gasteiger charge is 2.19. The number of hydrogen-bond donors (Lipinski definition) is 2. The van der Waals surface area contributed by atoms with Crippen LogP contribution in [0.15, 0.2) is 28.9 Å². The summed E-state index contributed by atoms with van der Waals surface area (Å²) >= 11 is 1.64. The van der Waals surface area contributed by atoms with Gasteiger partial charge in [0, 0.05) is 24.5 Å². The molecule has 4 heterocycles. The van der Waals surface area contributed by atoms with Crippen LogP contribution in [0.25, 0.3) is 21.8 Å². The molecule has 3 aromatic rings. The number of likely N-dealkylation sites (tertiary alicyclic amines) is 1. The molecule has 0 radical (unpaired) electrons. The summed E-state index contributed by atoms with van der Waals surface area (Å²) in [5.74, 6) is 1.63. The van der Waals surface area contributed by atoms with E-state index in [-0.39, 0.29) is 6.10 Å². The molecule has 1 aliphatic rings. The van der Waals surface area contributed by atoms with Gasteiger partial charge in [-0.15, -0.1) is 11.3 Å². The molecule has 0 aliphatic carbocycles. The third kappa shape index (κ3) is 2.95. The van der Waals surface area contributed by atoms with E-state index in [1.807, 2.05) is 12.1 Å². The minimum atomic E-state index is -0.147. The van der Waals surface area contributed by atoms with Gasteiger partial charge in [0.2, 0.25) is 0 Å². The molecule has 0 atom stereocenters. The fourth-order valence-corrected chi connectivity index (χ4v) is 3.96. The Morgan fingerprint density at radius 1 is 1.35 bits per heavy atom. The van der Waals surface area contributed by atoms with Crippen molar-refractivity contribution in [2.24, 2.45) is 0 Å². The molecule has 23 heavy (non-hydrogen) atoms. The predicted octanol–water partition coefficient (Wildman–Crippen LogP) is 2.49. The van der Waals surface area contributed by atoms with Crippen LogP contribution in [0.3, 0.4) is 0 Å². The number of thiophene rings is 1. The third-order valence-corrected chi connectivity index (χ3v) is 5.17. The standard InChI is InChI=1S/C16H18N4O2S/c17-14-12-8-11(9-20-5-3-10(21)4-6-20)23-16(12)19-15(18-14)13-2-1-7-22-13/h1-2,7-8,10,21H,3-6,9H2,(H2,17,18,19). The number of hydrogen-bond acceptors (Lipinski definition) is 7. The summed E-state index contributed by atoms with van der Waals surface area (Å²) < 4.78 is 5.35. The number of anilines is 1. The van der Waals surface area contributed by atoms with Crippen molar-refractivity contribution in [1.29, 1.82) is 0 Å². The number of furan rings is 1. The number of piperidine rings is 1. The first-order valence-corrected chi connectivity index (χ1v) is 8.51. The maximum Gasteiger partial charge on any atom is 0.199 e. The quantitative estimate of drug-likeness (QED) is 0.767. The molecule has 4 rings (SSSR count). The molecular weight excluding hydrogens is 312 g/mol. The Bertz CT molecular complexity index is 807. The number of aromatic nitrogens is 2. The van der Waals surface area contributed by atoms with E-state index in [4.69, 9.17) is 10.2 Å². The summed E-state index contributed by atoms with van der Waals surface area (Å²) in [5.41, 5.74) is 6.10. The normalized spacial score (nSPS) is 17.1. The molecule has 3 N–H and O–H groups in total. The van der Waals surface area contributed by atoms with Crippen molar-refractivity contribution in [3.8, 4) is 11.6 Å². The maximum absolute atomic E-state index is 9.60. The van der Waals surface area contributed by atoms with Gasteiger partial charge in [-0.2, -0.15) is 0 Å². The molecule has 120 valence electrons. The fourth-order valence-electron chi connectivity index (χ4n) is 2.89. The van der Waals surface area contributed by atoms with Gasteiger partial charge in [-0.25, -0.2) is 9.97 Å². The van der Waals surface area contributed by atoms with Gasteiger partial charge in [-0.1, -0.05) is 0 Å². The zero-order chi connectivity index (χ0) is 15.8. The number of aliphatic hydroxyl groups excluding tert-OH is 1. The molecule has 3 aromatic heterocycles. The second-order valence-corrected chi connectivity index (χ2v) is 6.96. The second kappa shape index (κ2) is 5.92. The molecule has 1 saturated heterocycles. The molecule has 1 fully saturated rings. The largest absolute Gasteiger partial charge is 0.461 e. The number of nitrogen functional groups attached to an aromatic ring is 1. The lowest BCUT2D eigenvalue weighted by Crippen LogP contribution is -2.35. The summed E-state index contributed by atoms with van der Waals surface area (Å²) in [4.78, 5) is 13.4. The van der Waals surface area contributed by atoms with Gasteiger partial charge in [0.15, 0.2) is 11.6 Å². The van der Waals surface area contributed by atoms with Crippen molar-refractivity contribution in [2.45, 2.75) is 25.5 Å². The number of nitrogens with two attached hydrogens (primary N) is 1. The van der Waals surface area contributed by atoms with Gasteiger partial charge in [0.1, 0.15) is 10.6 Å². The van der Waals surface area contributed by atoms with Crippen molar-refractivity contribution < 1.29 is 9.52 Å². The number of aliphatic hydroxyl groups is 1. The molecule has 0 amide bonds. The summed E-state index contributed by atoms with van der Waals surface area (Å²) in [5, 5.41) is 10.5. The van der Waals surface area contributed by atoms with Crippen LogP contribution in [0.4, 0.5) is 5.82 Å². The first-order valence-electron chi connectivity index (χ1n) is 7.69. The Kier molecular flexibility index (Phi) is 3.76. The van der Waals surface area contributed by atoms with Crippen LogP contribution < -0.4 is 5.73 Å². The van der Waals surface area contributed by atoms with Crippen molar-refractivity contribution in [3.63, 3.8) is 0 Å².